The number of rotatable bonds is 2. The third-order valence-corrected chi connectivity index (χ3v) is 9.23. The summed E-state index contributed by atoms with van der Waals surface area (Å²) < 4.78 is 3.60. The van der Waals surface area contributed by atoms with Crippen molar-refractivity contribution in [1.29, 1.82) is 0 Å². The lowest BCUT2D eigenvalue weighted by molar-refractivity contribution is -0.138. The molecule has 0 spiro atoms. The van der Waals surface area contributed by atoms with E-state index in [0.29, 0.717) is 22.3 Å². The summed E-state index contributed by atoms with van der Waals surface area (Å²) in [6.07, 6.45) is 1.64. The fourth-order valence-corrected chi connectivity index (χ4v) is 7.06. The van der Waals surface area contributed by atoms with Gasteiger partial charge in [0.15, 0.2) is 9.75 Å². The number of likely N-dealkylation sites (tertiary alicyclic amines) is 1. The summed E-state index contributed by atoms with van der Waals surface area (Å²) in [5, 5.41) is 10.3. The number of carbonyl (C=O) groups is 2. The van der Waals surface area contributed by atoms with Crippen molar-refractivity contribution >= 4 is 50.9 Å². The molecular weight excluding hydrogens is 551 g/mol. The van der Waals surface area contributed by atoms with Crippen LogP contribution in [0.3, 0.4) is 0 Å². The molecule has 1 aromatic carbocycles. The monoisotopic (exact) mass is 570 g/mol. The lowest BCUT2D eigenvalue weighted by Crippen LogP contribution is -2.59. The second-order valence-corrected chi connectivity index (χ2v) is 10.8. The van der Waals surface area contributed by atoms with Crippen molar-refractivity contribution in [3.8, 4) is 5.75 Å². The van der Waals surface area contributed by atoms with E-state index in [1.807, 2.05) is 0 Å². The highest BCUT2D eigenvalue weighted by Crippen LogP contribution is 2.63. The number of allylic oxidation sites excluding steroid dienone is 2. The molecule has 0 bridgehead atoms. The van der Waals surface area contributed by atoms with Gasteiger partial charge in [-0.2, -0.15) is 0 Å². The quantitative estimate of drug-likeness (QED) is 0.257. The molecule has 2 amide bonds. The number of aromatic hydroxyl groups is 1. The molecule has 2 fully saturated rings. The number of carbonyl (C=O) groups excluding carboxylic acids is 2. The lowest BCUT2D eigenvalue weighted by Gasteiger charge is -2.49. The van der Waals surface area contributed by atoms with Gasteiger partial charge in [-0.25, -0.2) is 23.5 Å². The third kappa shape index (κ3) is 2.62. The first-order valence-corrected chi connectivity index (χ1v) is 12.5. The molecule has 4 unspecified atom stereocenters. The van der Waals surface area contributed by atoms with Crippen LogP contribution in [-0.4, -0.2) is 51.0 Å². The SMILES string of the molecule is Cc1cc(C2C3=CCn4c(=O)n(C)c(=O)n4C3CC3(Cl)C(=O)N(CBr)C(=O)C23Cl)cc(C)c1O. The van der Waals surface area contributed by atoms with Crippen LogP contribution in [0.15, 0.2) is 33.4 Å². The maximum Gasteiger partial charge on any atom is 0.347 e. The van der Waals surface area contributed by atoms with Gasteiger partial charge in [0.1, 0.15) is 5.75 Å². The van der Waals surface area contributed by atoms with Crippen molar-refractivity contribution in [2.45, 2.75) is 48.5 Å². The van der Waals surface area contributed by atoms with E-state index in [0.717, 1.165) is 9.47 Å². The van der Waals surface area contributed by atoms with E-state index in [-0.39, 0.29) is 24.2 Å². The zero-order chi connectivity index (χ0) is 24.9. The molecule has 12 heteroatoms. The van der Waals surface area contributed by atoms with Gasteiger partial charge in [0, 0.05) is 19.4 Å². The summed E-state index contributed by atoms with van der Waals surface area (Å²) in [4.78, 5) is 50.0. The second-order valence-electron chi connectivity index (χ2n) is 9.08. The fourth-order valence-electron chi connectivity index (χ4n) is 5.65. The van der Waals surface area contributed by atoms with E-state index >= 15 is 0 Å². The molecule has 1 N–H and O–H groups in total. The van der Waals surface area contributed by atoms with Gasteiger partial charge in [0.2, 0.25) is 0 Å². The Hall–Kier alpha value is -2.30. The van der Waals surface area contributed by atoms with Gasteiger partial charge in [-0.1, -0.05) is 34.1 Å². The Morgan fingerprint density at radius 3 is 2.29 bits per heavy atom. The van der Waals surface area contributed by atoms with Crippen molar-refractivity contribution in [2.24, 2.45) is 7.05 Å². The Morgan fingerprint density at radius 2 is 1.71 bits per heavy atom. The molecule has 3 aliphatic rings. The topological polar surface area (TPSA) is 107 Å². The summed E-state index contributed by atoms with van der Waals surface area (Å²) in [6.45, 7) is 3.55. The van der Waals surface area contributed by atoms with E-state index in [9.17, 15) is 24.3 Å². The molecule has 34 heavy (non-hydrogen) atoms. The van der Waals surface area contributed by atoms with Gasteiger partial charge < -0.3 is 5.11 Å². The Morgan fingerprint density at radius 1 is 1.09 bits per heavy atom. The number of phenolic OH excluding ortho intramolecular Hbond substituents is 1. The van der Waals surface area contributed by atoms with Gasteiger partial charge in [-0.3, -0.25) is 14.5 Å². The number of fused-ring (bicyclic) bond motifs is 4. The van der Waals surface area contributed by atoms with E-state index in [1.165, 1.54) is 16.4 Å². The Labute approximate surface area is 212 Å². The summed E-state index contributed by atoms with van der Waals surface area (Å²) >= 11 is 17.4. The molecule has 1 saturated carbocycles. The minimum atomic E-state index is -1.88. The predicted octanol–water partition coefficient (Wildman–Crippen LogP) is 2.02. The van der Waals surface area contributed by atoms with E-state index in [1.54, 1.807) is 32.1 Å². The fraction of sp³-hybridized carbons (Fsp3) is 0.455. The Bertz CT molecular complexity index is 1420. The molecule has 2 aromatic rings. The number of hydrogen-bond acceptors (Lipinski definition) is 5. The standard InChI is InChI=1S/C22H21BrCl2N4O5/c1-10-6-12(7-11(2)16(10)30)15-13-4-5-28-19(33)26(3)20(34)29(28)14(13)8-21(24)17(31)27(9-23)18(32)22(15,21)25/h4,6-7,14-15,30H,5,8-9H2,1-3H3. The van der Waals surface area contributed by atoms with Gasteiger partial charge >= 0.3 is 11.4 Å². The molecule has 180 valence electrons. The van der Waals surface area contributed by atoms with Gasteiger partial charge in [-0.15, -0.1) is 23.2 Å². The molecule has 2 aliphatic heterocycles. The maximum atomic E-state index is 13.6. The third-order valence-electron chi connectivity index (χ3n) is 7.32. The van der Waals surface area contributed by atoms with E-state index in [4.69, 9.17) is 23.2 Å². The van der Waals surface area contributed by atoms with Crippen LogP contribution in [0.1, 0.15) is 35.1 Å². The van der Waals surface area contributed by atoms with Crippen LogP contribution < -0.4 is 11.4 Å². The van der Waals surface area contributed by atoms with Gasteiger partial charge in [-0.05, 0) is 36.1 Å². The van der Waals surface area contributed by atoms with Crippen LogP contribution in [0.5, 0.6) is 5.75 Å². The highest BCUT2D eigenvalue weighted by molar-refractivity contribution is 9.09. The number of aromatic nitrogens is 3. The first-order chi connectivity index (χ1) is 15.9. The first-order valence-electron chi connectivity index (χ1n) is 10.6. The first kappa shape index (κ1) is 23.4. The molecule has 4 atom stereocenters. The van der Waals surface area contributed by atoms with Crippen molar-refractivity contribution in [3.05, 3.63) is 61.4 Å². The predicted molar refractivity (Wildman–Crippen MR) is 129 cm³/mol. The highest BCUT2D eigenvalue weighted by Gasteiger charge is 2.75. The van der Waals surface area contributed by atoms with Crippen LogP contribution in [-0.2, 0) is 23.2 Å². The summed E-state index contributed by atoms with van der Waals surface area (Å²) in [5.41, 5.74) is 1.22. The molecule has 1 saturated heterocycles. The lowest BCUT2D eigenvalue weighted by atomic mass is 9.64. The number of benzene rings is 1. The van der Waals surface area contributed by atoms with Crippen molar-refractivity contribution in [3.63, 3.8) is 0 Å². The number of halogens is 3. The number of amides is 2. The van der Waals surface area contributed by atoms with Crippen LogP contribution in [0.4, 0.5) is 0 Å². The van der Waals surface area contributed by atoms with Crippen molar-refractivity contribution in [2.75, 3.05) is 5.45 Å². The molecule has 3 heterocycles. The van der Waals surface area contributed by atoms with E-state index < -0.39 is 44.9 Å². The number of phenols is 1. The molecule has 1 aromatic heterocycles. The van der Waals surface area contributed by atoms with Crippen molar-refractivity contribution in [1.82, 2.24) is 18.8 Å². The number of imide groups is 1. The summed E-state index contributed by atoms with van der Waals surface area (Å²) in [5.74, 6) is -2.08. The molecule has 0 radical (unpaired) electrons. The van der Waals surface area contributed by atoms with Crippen molar-refractivity contribution < 1.29 is 14.7 Å². The molecular formula is C22H21BrCl2N4O5. The molecule has 9 nitrogen and oxygen atoms in total. The largest absolute Gasteiger partial charge is 0.507 e. The van der Waals surface area contributed by atoms with Gasteiger partial charge in [0.05, 0.1) is 18.0 Å². The second kappa shape index (κ2) is 7.35. The maximum absolute atomic E-state index is 13.6. The van der Waals surface area contributed by atoms with Gasteiger partial charge in [0.25, 0.3) is 11.8 Å². The van der Waals surface area contributed by atoms with Crippen LogP contribution in [0, 0.1) is 13.8 Å². The molecule has 1 aliphatic carbocycles. The number of aryl methyl sites for hydroxylation is 2. The van der Waals surface area contributed by atoms with Crippen LogP contribution in [0.2, 0.25) is 0 Å². The zero-order valence-electron chi connectivity index (χ0n) is 18.5. The highest BCUT2D eigenvalue weighted by atomic mass is 79.9. The summed E-state index contributed by atoms with van der Waals surface area (Å²) in [6, 6.07) is 2.65. The average molecular weight is 572 g/mol. The number of hydrogen-bond donors (Lipinski definition) is 1. The minimum Gasteiger partial charge on any atom is -0.507 e. The Kier molecular flexibility index (Phi) is 5.07. The van der Waals surface area contributed by atoms with Crippen LogP contribution >= 0.6 is 39.1 Å². The number of alkyl halides is 3. The number of nitrogens with zero attached hydrogens (tertiary/aromatic N) is 4. The van der Waals surface area contributed by atoms with E-state index in [2.05, 4.69) is 15.9 Å². The smallest absolute Gasteiger partial charge is 0.347 e. The Balaban J connectivity index is 1.84. The summed E-state index contributed by atoms with van der Waals surface area (Å²) in [7, 11) is 1.38. The molecule has 5 rings (SSSR count). The van der Waals surface area contributed by atoms with Crippen LogP contribution in [0.25, 0.3) is 0 Å². The minimum absolute atomic E-state index is 0.0896. The zero-order valence-corrected chi connectivity index (χ0v) is 21.6. The normalized spacial score (nSPS) is 30.2. The average Bonchev–Trinajstić information content (AvgIpc) is 3.10.